The molecule has 3 aromatic heterocycles. The zero-order chi connectivity index (χ0) is 21.4. The fourth-order valence-corrected chi connectivity index (χ4v) is 4.82. The van der Waals surface area contributed by atoms with Crippen LogP contribution in [0.3, 0.4) is 0 Å². The molecule has 0 aliphatic heterocycles. The highest BCUT2D eigenvalue weighted by atomic mass is 16.1. The van der Waals surface area contributed by atoms with Crippen LogP contribution in [0, 0.1) is 0 Å². The maximum absolute atomic E-state index is 12.8. The summed E-state index contributed by atoms with van der Waals surface area (Å²) in [5.41, 5.74) is 8.87. The Bertz CT molecular complexity index is 1920. The van der Waals surface area contributed by atoms with Crippen molar-refractivity contribution in [1.29, 1.82) is 0 Å². The van der Waals surface area contributed by atoms with Crippen molar-refractivity contribution in [2.45, 2.75) is 0 Å². The minimum absolute atomic E-state index is 0.0495. The van der Waals surface area contributed by atoms with Gasteiger partial charge in [0.2, 0.25) is 5.95 Å². The van der Waals surface area contributed by atoms with Crippen LogP contribution in [0.5, 0.6) is 0 Å². The van der Waals surface area contributed by atoms with E-state index < -0.39 is 0 Å². The lowest BCUT2D eigenvalue weighted by molar-refractivity contribution is 1.08. The molecule has 7 aromatic rings. The van der Waals surface area contributed by atoms with Gasteiger partial charge in [-0.3, -0.25) is 14.3 Å². The van der Waals surface area contributed by atoms with Gasteiger partial charge in [0.05, 0.1) is 11.2 Å². The number of aromatic nitrogens is 5. The quantitative estimate of drug-likeness (QED) is 0.363. The SMILES string of the molecule is Nc1nc2ncn(-c3cc4ccccc4c4c3[nH]c3ccc5ccccc5c34)c2c(=O)[nH]1. The first-order chi connectivity index (χ1) is 15.7. The van der Waals surface area contributed by atoms with Crippen molar-refractivity contribution in [2.24, 2.45) is 0 Å². The maximum Gasteiger partial charge on any atom is 0.278 e. The van der Waals surface area contributed by atoms with Crippen molar-refractivity contribution in [3.05, 3.63) is 83.4 Å². The van der Waals surface area contributed by atoms with Crippen molar-refractivity contribution in [1.82, 2.24) is 24.5 Å². The Morgan fingerprint density at radius 1 is 0.844 bits per heavy atom. The number of H-pyrrole nitrogens is 2. The predicted molar refractivity (Wildman–Crippen MR) is 128 cm³/mol. The third-order valence-corrected chi connectivity index (χ3v) is 6.16. The lowest BCUT2D eigenvalue weighted by Crippen LogP contribution is -2.13. The van der Waals surface area contributed by atoms with Crippen molar-refractivity contribution < 1.29 is 0 Å². The van der Waals surface area contributed by atoms with E-state index >= 15 is 0 Å². The number of fused-ring (bicyclic) bond motifs is 8. The summed E-state index contributed by atoms with van der Waals surface area (Å²) in [5, 5.41) is 6.87. The largest absolute Gasteiger partial charge is 0.369 e. The minimum atomic E-state index is -0.326. The first kappa shape index (κ1) is 17.1. The number of benzene rings is 4. The number of imidazole rings is 1. The highest BCUT2D eigenvalue weighted by Gasteiger charge is 2.18. The molecule has 7 heteroatoms. The van der Waals surface area contributed by atoms with Gasteiger partial charge in [0.15, 0.2) is 11.2 Å². The molecule has 0 saturated carbocycles. The third kappa shape index (κ3) is 2.16. The highest BCUT2D eigenvalue weighted by Crippen LogP contribution is 2.39. The molecule has 0 saturated heterocycles. The Balaban J connectivity index is 1.74. The highest BCUT2D eigenvalue weighted by molar-refractivity contribution is 6.29. The van der Waals surface area contributed by atoms with Gasteiger partial charge in [-0.1, -0.05) is 54.6 Å². The number of rotatable bonds is 1. The number of aromatic amines is 2. The molecule has 0 aliphatic rings. The number of anilines is 1. The van der Waals surface area contributed by atoms with E-state index in [0.717, 1.165) is 38.3 Å². The van der Waals surface area contributed by atoms with E-state index in [4.69, 9.17) is 5.73 Å². The molecule has 0 aliphatic carbocycles. The van der Waals surface area contributed by atoms with Gasteiger partial charge in [0, 0.05) is 16.3 Å². The monoisotopic (exact) mass is 416 g/mol. The second-order valence-corrected chi connectivity index (χ2v) is 7.94. The lowest BCUT2D eigenvalue weighted by atomic mass is 9.99. The predicted octanol–water partition coefficient (Wildman–Crippen LogP) is 4.63. The molecular formula is C25H16N6O. The van der Waals surface area contributed by atoms with E-state index in [1.165, 1.54) is 10.8 Å². The van der Waals surface area contributed by atoms with Gasteiger partial charge in [-0.05, 0) is 33.7 Å². The molecule has 152 valence electrons. The van der Waals surface area contributed by atoms with E-state index in [2.05, 4.69) is 80.6 Å². The average Bonchev–Trinajstić information content (AvgIpc) is 3.41. The fourth-order valence-electron chi connectivity index (χ4n) is 4.82. The molecular weight excluding hydrogens is 400 g/mol. The molecule has 0 fully saturated rings. The van der Waals surface area contributed by atoms with E-state index in [0.29, 0.717) is 11.2 Å². The van der Waals surface area contributed by atoms with E-state index in [1.807, 2.05) is 6.07 Å². The standard InChI is InChI=1S/C25H16N6O/c26-25-29-23-22(24(32)30-25)31(12-27-23)18-11-14-6-2-4-8-16(14)20-19-15-7-3-1-5-13(15)9-10-17(19)28-21(18)20/h1-12,28H,(H3,26,29,30,32). The van der Waals surface area contributed by atoms with E-state index in [-0.39, 0.29) is 11.5 Å². The van der Waals surface area contributed by atoms with Crippen molar-refractivity contribution in [3.8, 4) is 5.69 Å². The van der Waals surface area contributed by atoms with Crippen molar-refractivity contribution in [2.75, 3.05) is 5.73 Å². The summed E-state index contributed by atoms with van der Waals surface area (Å²) in [5.74, 6) is 0.0495. The van der Waals surface area contributed by atoms with Gasteiger partial charge >= 0.3 is 0 Å². The third-order valence-electron chi connectivity index (χ3n) is 6.16. The van der Waals surface area contributed by atoms with Gasteiger partial charge in [0.25, 0.3) is 5.56 Å². The number of nitrogens with one attached hydrogen (secondary N) is 2. The van der Waals surface area contributed by atoms with Crippen LogP contribution in [-0.4, -0.2) is 24.5 Å². The Hall–Kier alpha value is -4.65. The molecule has 7 nitrogen and oxygen atoms in total. The van der Waals surface area contributed by atoms with Gasteiger partial charge in [-0.2, -0.15) is 4.98 Å². The molecule has 4 aromatic carbocycles. The van der Waals surface area contributed by atoms with Gasteiger partial charge in [-0.15, -0.1) is 0 Å². The average molecular weight is 416 g/mol. The van der Waals surface area contributed by atoms with Crippen LogP contribution in [-0.2, 0) is 0 Å². The molecule has 0 spiro atoms. The Kier molecular flexibility index (Phi) is 3.17. The van der Waals surface area contributed by atoms with Crippen LogP contribution in [0.2, 0.25) is 0 Å². The summed E-state index contributed by atoms with van der Waals surface area (Å²) >= 11 is 0. The van der Waals surface area contributed by atoms with Gasteiger partial charge in [-0.25, -0.2) is 4.98 Å². The molecule has 32 heavy (non-hydrogen) atoms. The zero-order valence-electron chi connectivity index (χ0n) is 16.8. The summed E-state index contributed by atoms with van der Waals surface area (Å²) in [6, 6.07) is 23.0. The molecule has 3 heterocycles. The van der Waals surface area contributed by atoms with Gasteiger partial charge in [0.1, 0.15) is 6.33 Å². The van der Waals surface area contributed by atoms with Crippen molar-refractivity contribution >= 4 is 60.5 Å². The summed E-state index contributed by atoms with van der Waals surface area (Å²) in [4.78, 5) is 27.5. The first-order valence-electron chi connectivity index (χ1n) is 10.3. The number of hydrogen-bond acceptors (Lipinski definition) is 4. The summed E-state index contributed by atoms with van der Waals surface area (Å²) in [6.07, 6.45) is 1.62. The number of nitrogens with two attached hydrogens (primary N) is 1. The van der Waals surface area contributed by atoms with E-state index in [1.54, 1.807) is 10.9 Å². The molecule has 0 atom stereocenters. The molecule has 4 N–H and O–H groups in total. The molecule has 0 radical (unpaired) electrons. The Morgan fingerprint density at radius 3 is 2.44 bits per heavy atom. The van der Waals surface area contributed by atoms with E-state index in [9.17, 15) is 4.79 Å². The Morgan fingerprint density at radius 2 is 1.59 bits per heavy atom. The van der Waals surface area contributed by atoms with Crippen LogP contribution >= 0.6 is 0 Å². The van der Waals surface area contributed by atoms with Crippen LogP contribution < -0.4 is 11.3 Å². The second kappa shape index (κ2) is 5.95. The molecule has 0 unspecified atom stereocenters. The summed E-state index contributed by atoms with van der Waals surface area (Å²) in [6.45, 7) is 0. The topological polar surface area (TPSA) is 105 Å². The van der Waals surface area contributed by atoms with Crippen LogP contribution in [0.4, 0.5) is 5.95 Å². The minimum Gasteiger partial charge on any atom is -0.369 e. The molecule has 7 rings (SSSR count). The van der Waals surface area contributed by atoms with Crippen LogP contribution in [0.25, 0.3) is 60.2 Å². The van der Waals surface area contributed by atoms with Crippen molar-refractivity contribution in [3.63, 3.8) is 0 Å². The number of nitrogen functional groups attached to an aromatic ring is 1. The molecule has 0 bridgehead atoms. The normalized spacial score (nSPS) is 12.0. The first-order valence-corrected chi connectivity index (χ1v) is 10.3. The van der Waals surface area contributed by atoms with Crippen LogP contribution in [0.1, 0.15) is 0 Å². The number of hydrogen-bond donors (Lipinski definition) is 3. The fraction of sp³-hybridized carbons (Fsp3) is 0. The second-order valence-electron chi connectivity index (χ2n) is 7.94. The summed E-state index contributed by atoms with van der Waals surface area (Å²) in [7, 11) is 0. The number of nitrogens with zero attached hydrogens (tertiary/aromatic N) is 3. The van der Waals surface area contributed by atoms with Gasteiger partial charge < -0.3 is 10.7 Å². The zero-order valence-corrected chi connectivity index (χ0v) is 16.8. The Labute approximate surface area is 180 Å². The lowest BCUT2D eigenvalue weighted by Gasteiger charge is -2.09. The maximum atomic E-state index is 12.8. The summed E-state index contributed by atoms with van der Waals surface area (Å²) < 4.78 is 1.78. The molecule has 0 amide bonds. The van der Waals surface area contributed by atoms with Crippen LogP contribution in [0.15, 0.2) is 77.9 Å². The smallest absolute Gasteiger partial charge is 0.278 e.